The van der Waals surface area contributed by atoms with Gasteiger partial charge in [0.2, 0.25) is 0 Å². The van der Waals surface area contributed by atoms with Gasteiger partial charge in [0.15, 0.2) is 0 Å². The van der Waals surface area contributed by atoms with E-state index < -0.39 is 0 Å². The average Bonchev–Trinajstić information content (AvgIpc) is 2.99. The number of allylic oxidation sites excluding steroid dienone is 1. The van der Waals surface area contributed by atoms with Crippen LogP contribution in [0, 0.1) is 13.8 Å². The predicted octanol–water partition coefficient (Wildman–Crippen LogP) is 4.32. The van der Waals surface area contributed by atoms with Crippen LogP contribution in [-0.2, 0) is 9.53 Å². The van der Waals surface area contributed by atoms with Crippen LogP contribution in [0.3, 0.4) is 0 Å². The van der Waals surface area contributed by atoms with E-state index in [4.69, 9.17) is 4.74 Å². The predicted molar refractivity (Wildman–Crippen MR) is 89.5 cm³/mol. The lowest BCUT2D eigenvalue weighted by Gasteiger charge is -2.15. The molecule has 0 aliphatic rings. The monoisotopic (exact) mass is 316 g/mol. The molecule has 22 heavy (non-hydrogen) atoms. The lowest BCUT2D eigenvalue weighted by Crippen LogP contribution is -2.02. The van der Waals surface area contributed by atoms with E-state index in [9.17, 15) is 9.90 Å². The highest BCUT2D eigenvalue weighted by Crippen LogP contribution is 2.33. The number of hydrogen-bond acceptors (Lipinski definition) is 4. The molecule has 1 aromatic carbocycles. The largest absolute Gasteiger partial charge is 0.507 e. The molecule has 1 heterocycles. The summed E-state index contributed by atoms with van der Waals surface area (Å²) in [4.78, 5) is 12.7. The molecule has 1 aromatic heterocycles. The molecular formula is C18H20O3S. The number of thiophene rings is 1. The van der Waals surface area contributed by atoms with Gasteiger partial charge in [0.25, 0.3) is 0 Å². The molecule has 2 aromatic rings. The van der Waals surface area contributed by atoms with E-state index in [1.54, 1.807) is 18.3 Å². The summed E-state index contributed by atoms with van der Waals surface area (Å²) in [5.74, 6) is -0.0401. The number of aromatic hydroxyl groups is 1. The van der Waals surface area contributed by atoms with Crippen LogP contribution in [0.5, 0.6) is 5.75 Å². The first-order valence-electron chi connectivity index (χ1n) is 7.21. The molecular weight excluding hydrogens is 296 g/mol. The van der Waals surface area contributed by atoms with E-state index >= 15 is 0 Å². The Bertz CT molecular complexity index is 649. The standard InChI is InChI=1S/C18H20O3S/c1-4-21-17(19)8-7-15(16-6-5-9-22-16)14-10-12(2)18(20)13(3)11-14/h5-11,15,20H,4H2,1-3H3/b8-7+. The van der Waals surface area contributed by atoms with Crippen molar-refractivity contribution in [1.82, 2.24) is 0 Å². The van der Waals surface area contributed by atoms with Gasteiger partial charge >= 0.3 is 5.97 Å². The van der Waals surface area contributed by atoms with Gasteiger partial charge in [0.05, 0.1) is 6.61 Å². The highest BCUT2D eigenvalue weighted by molar-refractivity contribution is 7.10. The summed E-state index contributed by atoms with van der Waals surface area (Å²) in [6.07, 6.45) is 3.33. The number of esters is 1. The van der Waals surface area contributed by atoms with E-state index in [0.717, 1.165) is 21.6 Å². The Morgan fingerprint density at radius 1 is 1.36 bits per heavy atom. The highest BCUT2D eigenvalue weighted by Gasteiger charge is 2.15. The fourth-order valence-electron chi connectivity index (χ4n) is 2.37. The number of aryl methyl sites for hydroxylation is 2. The Balaban J connectivity index is 2.39. The third-order valence-corrected chi connectivity index (χ3v) is 4.39. The summed E-state index contributed by atoms with van der Waals surface area (Å²) in [6.45, 7) is 5.91. The van der Waals surface area contributed by atoms with Gasteiger partial charge in [-0.2, -0.15) is 0 Å². The highest BCUT2D eigenvalue weighted by atomic mass is 32.1. The van der Waals surface area contributed by atoms with E-state index in [2.05, 4.69) is 0 Å². The van der Waals surface area contributed by atoms with E-state index in [0.29, 0.717) is 12.4 Å². The SMILES string of the molecule is CCOC(=O)/C=C/C(c1cc(C)c(O)c(C)c1)c1cccs1. The summed E-state index contributed by atoms with van der Waals surface area (Å²) < 4.78 is 4.95. The van der Waals surface area contributed by atoms with Crippen LogP contribution in [0.25, 0.3) is 0 Å². The van der Waals surface area contributed by atoms with Gasteiger partial charge in [-0.15, -0.1) is 11.3 Å². The van der Waals surface area contributed by atoms with Crippen molar-refractivity contribution in [3.05, 3.63) is 63.4 Å². The maximum atomic E-state index is 11.6. The molecule has 1 unspecified atom stereocenters. The first kappa shape index (κ1) is 16.3. The summed E-state index contributed by atoms with van der Waals surface area (Å²) in [5, 5.41) is 12.0. The zero-order valence-electron chi connectivity index (χ0n) is 13.0. The van der Waals surface area contributed by atoms with E-state index in [1.807, 2.05) is 49.6 Å². The minimum Gasteiger partial charge on any atom is -0.507 e. The third kappa shape index (κ3) is 3.77. The smallest absolute Gasteiger partial charge is 0.330 e. The number of carbonyl (C=O) groups excluding carboxylic acids is 1. The van der Waals surface area contributed by atoms with Gasteiger partial charge in [0, 0.05) is 16.9 Å². The van der Waals surface area contributed by atoms with Crippen molar-refractivity contribution >= 4 is 17.3 Å². The molecule has 1 atom stereocenters. The third-order valence-electron chi connectivity index (χ3n) is 3.43. The van der Waals surface area contributed by atoms with E-state index in [1.165, 1.54) is 6.08 Å². The van der Waals surface area contributed by atoms with Gasteiger partial charge in [0.1, 0.15) is 5.75 Å². The van der Waals surface area contributed by atoms with Gasteiger partial charge in [-0.3, -0.25) is 0 Å². The van der Waals surface area contributed by atoms with Gasteiger partial charge in [-0.05, 0) is 48.9 Å². The zero-order chi connectivity index (χ0) is 16.1. The van der Waals surface area contributed by atoms with Gasteiger partial charge in [-0.25, -0.2) is 4.79 Å². The molecule has 0 saturated heterocycles. The zero-order valence-corrected chi connectivity index (χ0v) is 13.8. The molecule has 0 bridgehead atoms. The molecule has 0 amide bonds. The molecule has 116 valence electrons. The van der Waals surface area contributed by atoms with Crippen molar-refractivity contribution in [1.29, 1.82) is 0 Å². The normalized spacial score (nSPS) is 12.5. The Morgan fingerprint density at radius 2 is 2.05 bits per heavy atom. The number of phenolic OH excluding ortho intramolecular Hbond substituents is 1. The summed E-state index contributed by atoms with van der Waals surface area (Å²) in [7, 11) is 0. The van der Waals surface area contributed by atoms with Crippen LogP contribution < -0.4 is 0 Å². The molecule has 2 rings (SSSR count). The van der Waals surface area contributed by atoms with Crippen LogP contribution in [-0.4, -0.2) is 17.7 Å². The Labute approximate surface area is 134 Å². The lowest BCUT2D eigenvalue weighted by atomic mass is 9.93. The minimum absolute atomic E-state index is 0.0255. The van der Waals surface area contributed by atoms with Gasteiger partial charge in [-0.1, -0.05) is 24.3 Å². The molecule has 1 N–H and O–H groups in total. The molecule has 0 fully saturated rings. The molecule has 4 heteroatoms. The van der Waals surface area contributed by atoms with Crippen LogP contribution in [0.2, 0.25) is 0 Å². The lowest BCUT2D eigenvalue weighted by molar-refractivity contribution is -0.137. The molecule has 0 aliphatic carbocycles. The fraction of sp³-hybridized carbons (Fsp3) is 0.278. The van der Waals surface area contributed by atoms with Gasteiger partial charge < -0.3 is 9.84 Å². The number of ether oxygens (including phenoxy) is 1. The minimum atomic E-state index is -0.337. The second-order valence-electron chi connectivity index (χ2n) is 5.11. The quantitative estimate of drug-likeness (QED) is 0.660. The van der Waals surface area contributed by atoms with Crippen LogP contribution >= 0.6 is 11.3 Å². The topological polar surface area (TPSA) is 46.5 Å². The first-order valence-corrected chi connectivity index (χ1v) is 8.09. The van der Waals surface area contributed by atoms with Crippen molar-refractivity contribution < 1.29 is 14.6 Å². The number of hydrogen-bond donors (Lipinski definition) is 1. The molecule has 0 spiro atoms. The van der Waals surface area contributed by atoms with Crippen molar-refractivity contribution in [2.45, 2.75) is 26.7 Å². The fourth-order valence-corrected chi connectivity index (χ4v) is 3.21. The summed E-state index contributed by atoms with van der Waals surface area (Å²) in [5.41, 5.74) is 2.72. The van der Waals surface area contributed by atoms with Crippen molar-refractivity contribution in [3.8, 4) is 5.75 Å². The van der Waals surface area contributed by atoms with E-state index in [-0.39, 0.29) is 11.9 Å². The van der Waals surface area contributed by atoms with Crippen LogP contribution in [0.15, 0.2) is 41.8 Å². The second-order valence-corrected chi connectivity index (χ2v) is 6.09. The number of rotatable bonds is 5. The Hall–Kier alpha value is -2.07. The first-order chi connectivity index (χ1) is 10.5. The second kappa shape index (κ2) is 7.27. The summed E-state index contributed by atoms with van der Waals surface area (Å²) >= 11 is 1.64. The van der Waals surface area contributed by atoms with Crippen molar-refractivity contribution in [3.63, 3.8) is 0 Å². The molecule has 0 radical (unpaired) electrons. The number of phenols is 1. The average molecular weight is 316 g/mol. The molecule has 0 saturated carbocycles. The maximum Gasteiger partial charge on any atom is 0.330 e. The Kier molecular flexibility index (Phi) is 5.39. The number of benzene rings is 1. The maximum absolute atomic E-state index is 11.6. The number of carbonyl (C=O) groups is 1. The Morgan fingerprint density at radius 3 is 2.59 bits per heavy atom. The van der Waals surface area contributed by atoms with Crippen LogP contribution in [0.4, 0.5) is 0 Å². The molecule has 3 nitrogen and oxygen atoms in total. The van der Waals surface area contributed by atoms with Crippen LogP contribution in [0.1, 0.15) is 34.4 Å². The van der Waals surface area contributed by atoms with Crippen molar-refractivity contribution in [2.24, 2.45) is 0 Å². The van der Waals surface area contributed by atoms with Crippen molar-refractivity contribution in [2.75, 3.05) is 6.61 Å². The molecule has 0 aliphatic heterocycles. The summed E-state index contributed by atoms with van der Waals surface area (Å²) in [6, 6.07) is 7.96.